The molecule has 0 aliphatic heterocycles. The molecule has 0 radical (unpaired) electrons. The summed E-state index contributed by atoms with van der Waals surface area (Å²) in [6, 6.07) is 24.1. The van der Waals surface area contributed by atoms with Crippen molar-refractivity contribution >= 4 is 0 Å². The normalized spacial score (nSPS) is 10.2. The summed E-state index contributed by atoms with van der Waals surface area (Å²) in [5.74, 6) is 0. The van der Waals surface area contributed by atoms with Crippen molar-refractivity contribution in [2.45, 2.75) is 6.42 Å². The number of nitriles is 1. The van der Waals surface area contributed by atoms with Crippen LogP contribution in [0.15, 0.2) is 66.7 Å². The Labute approximate surface area is 117 Å². The van der Waals surface area contributed by atoms with Gasteiger partial charge in [0, 0.05) is 5.56 Å². The molecule has 3 nitrogen and oxygen atoms in total. The number of para-hydroxylation sites is 1. The minimum Gasteiger partial charge on any atom is -0.236 e. The van der Waals surface area contributed by atoms with E-state index in [0.717, 1.165) is 22.6 Å². The molecule has 0 saturated heterocycles. The van der Waals surface area contributed by atoms with E-state index < -0.39 is 0 Å². The first-order valence-electron chi connectivity index (χ1n) is 6.45. The van der Waals surface area contributed by atoms with Gasteiger partial charge < -0.3 is 0 Å². The van der Waals surface area contributed by atoms with Crippen molar-refractivity contribution in [2.75, 3.05) is 0 Å². The molecular formula is C17H13N3. The summed E-state index contributed by atoms with van der Waals surface area (Å²) in [7, 11) is 0. The molecule has 0 fully saturated rings. The number of hydrogen-bond acceptors (Lipinski definition) is 2. The van der Waals surface area contributed by atoms with Crippen LogP contribution >= 0.6 is 0 Å². The zero-order valence-electron chi connectivity index (χ0n) is 10.9. The van der Waals surface area contributed by atoms with Crippen LogP contribution in [0.3, 0.4) is 0 Å². The molecule has 2 aromatic carbocycles. The van der Waals surface area contributed by atoms with Crippen LogP contribution in [0.25, 0.3) is 16.9 Å². The Morgan fingerprint density at radius 3 is 2.25 bits per heavy atom. The second-order valence-corrected chi connectivity index (χ2v) is 4.47. The van der Waals surface area contributed by atoms with E-state index in [1.54, 1.807) is 0 Å². The van der Waals surface area contributed by atoms with Crippen LogP contribution in [-0.2, 0) is 6.42 Å². The van der Waals surface area contributed by atoms with E-state index in [9.17, 15) is 0 Å². The van der Waals surface area contributed by atoms with Crippen molar-refractivity contribution in [1.82, 2.24) is 9.78 Å². The van der Waals surface area contributed by atoms with Gasteiger partial charge in [-0.05, 0) is 18.2 Å². The van der Waals surface area contributed by atoms with Crippen LogP contribution in [0.5, 0.6) is 0 Å². The molecule has 1 heterocycles. The van der Waals surface area contributed by atoms with E-state index in [0.29, 0.717) is 6.42 Å². The summed E-state index contributed by atoms with van der Waals surface area (Å²) in [5, 5.41) is 13.6. The molecule has 0 aliphatic rings. The molecule has 1 aromatic heterocycles. The molecule has 3 rings (SSSR count). The van der Waals surface area contributed by atoms with E-state index >= 15 is 0 Å². The maximum absolute atomic E-state index is 8.98. The fraction of sp³-hybridized carbons (Fsp3) is 0.0588. The Morgan fingerprint density at radius 1 is 0.950 bits per heavy atom. The third-order valence-electron chi connectivity index (χ3n) is 3.11. The highest BCUT2D eigenvalue weighted by Gasteiger charge is 2.10. The van der Waals surface area contributed by atoms with Crippen molar-refractivity contribution in [1.29, 1.82) is 5.26 Å². The molecule has 0 aliphatic carbocycles. The Bertz CT molecular complexity index is 737. The molecule has 0 bridgehead atoms. The highest BCUT2D eigenvalue weighted by Crippen LogP contribution is 2.21. The van der Waals surface area contributed by atoms with Crippen LogP contribution in [0.2, 0.25) is 0 Å². The van der Waals surface area contributed by atoms with Crippen molar-refractivity contribution in [2.24, 2.45) is 0 Å². The molecule has 3 aromatic rings. The van der Waals surface area contributed by atoms with E-state index in [2.05, 4.69) is 11.2 Å². The lowest BCUT2D eigenvalue weighted by atomic mass is 10.1. The third kappa shape index (κ3) is 2.32. The predicted molar refractivity (Wildman–Crippen MR) is 78.3 cm³/mol. The average Bonchev–Trinajstić information content (AvgIpc) is 2.94. The molecule has 0 saturated carbocycles. The van der Waals surface area contributed by atoms with Crippen LogP contribution in [0.4, 0.5) is 0 Å². The van der Waals surface area contributed by atoms with Gasteiger partial charge in [-0.3, -0.25) is 0 Å². The summed E-state index contributed by atoms with van der Waals surface area (Å²) in [4.78, 5) is 0. The van der Waals surface area contributed by atoms with Crippen molar-refractivity contribution in [3.05, 3.63) is 72.4 Å². The SMILES string of the molecule is N#CCc1cc(-c2ccccc2)nn1-c1ccccc1. The summed E-state index contributed by atoms with van der Waals surface area (Å²) < 4.78 is 1.84. The van der Waals surface area contributed by atoms with Gasteiger partial charge in [-0.1, -0.05) is 48.5 Å². The van der Waals surface area contributed by atoms with Crippen LogP contribution in [-0.4, -0.2) is 9.78 Å². The number of hydrogen-bond donors (Lipinski definition) is 0. The number of nitrogens with zero attached hydrogens (tertiary/aromatic N) is 3. The smallest absolute Gasteiger partial charge is 0.0930 e. The lowest BCUT2D eigenvalue weighted by Gasteiger charge is -2.04. The summed E-state index contributed by atoms with van der Waals surface area (Å²) in [6.07, 6.45) is 0.342. The van der Waals surface area contributed by atoms with Gasteiger partial charge in [0.2, 0.25) is 0 Å². The third-order valence-corrected chi connectivity index (χ3v) is 3.11. The minimum absolute atomic E-state index is 0.342. The lowest BCUT2D eigenvalue weighted by molar-refractivity contribution is 0.834. The molecule has 96 valence electrons. The Morgan fingerprint density at radius 2 is 1.60 bits per heavy atom. The van der Waals surface area contributed by atoms with Gasteiger partial charge in [0.15, 0.2) is 0 Å². The standard InChI is InChI=1S/C17H13N3/c18-12-11-16-13-17(14-7-3-1-4-8-14)19-20(16)15-9-5-2-6-10-15/h1-10,13H,11H2. The van der Waals surface area contributed by atoms with E-state index in [-0.39, 0.29) is 0 Å². The molecule has 0 spiro atoms. The van der Waals surface area contributed by atoms with Gasteiger partial charge in [-0.2, -0.15) is 10.4 Å². The summed E-state index contributed by atoms with van der Waals surface area (Å²) in [5.41, 5.74) is 3.82. The lowest BCUT2D eigenvalue weighted by Crippen LogP contribution is -2.01. The minimum atomic E-state index is 0.342. The Kier molecular flexibility index (Phi) is 3.30. The van der Waals surface area contributed by atoms with Gasteiger partial charge in [0.05, 0.1) is 29.6 Å². The molecule has 3 heteroatoms. The molecule has 0 unspecified atom stereocenters. The van der Waals surface area contributed by atoms with Gasteiger partial charge in [0.25, 0.3) is 0 Å². The largest absolute Gasteiger partial charge is 0.236 e. The molecule has 0 amide bonds. The van der Waals surface area contributed by atoms with Crippen LogP contribution in [0, 0.1) is 11.3 Å². The van der Waals surface area contributed by atoms with Crippen LogP contribution in [0.1, 0.15) is 5.69 Å². The van der Waals surface area contributed by atoms with E-state index in [1.807, 2.05) is 71.4 Å². The first-order chi connectivity index (χ1) is 9.88. The second kappa shape index (κ2) is 5.41. The van der Waals surface area contributed by atoms with Gasteiger partial charge in [0.1, 0.15) is 0 Å². The fourth-order valence-corrected chi connectivity index (χ4v) is 2.17. The van der Waals surface area contributed by atoms with Crippen molar-refractivity contribution < 1.29 is 0 Å². The van der Waals surface area contributed by atoms with Crippen molar-refractivity contribution in [3.63, 3.8) is 0 Å². The monoisotopic (exact) mass is 259 g/mol. The average molecular weight is 259 g/mol. The zero-order valence-corrected chi connectivity index (χ0v) is 10.9. The highest BCUT2D eigenvalue weighted by atomic mass is 15.3. The maximum atomic E-state index is 8.98. The van der Waals surface area contributed by atoms with E-state index in [1.165, 1.54) is 0 Å². The predicted octanol–water partition coefficient (Wildman–Crippen LogP) is 3.61. The highest BCUT2D eigenvalue weighted by molar-refractivity contribution is 5.60. The number of rotatable bonds is 3. The maximum Gasteiger partial charge on any atom is 0.0930 e. The van der Waals surface area contributed by atoms with Gasteiger partial charge in [-0.25, -0.2) is 4.68 Å². The first kappa shape index (κ1) is 12.2. The molecular weight excluding hydrogens is 246 g/mol. The fourth-order valence-electron chi connectivity index (χ4n) is 2.17. The van der Waals surface area contributed by atoms with Crippen molar-refractivity contribution in [3.8, 4) is 23.0 Å². The molecule has 20 heavy (non-hydrogen) atoms. The number of benzene rings is 2. The molecule has 0 N–H and O–H groups in total. The zero-order chi connectivity index (χ0) is 13.8. The Balaban J connectivity index is 2.11. The molecule has 0 atom stereocenters. The topological polar surface area (TPSA) is 41.6 Å². The van der Waals surface area contributed by atoms with Crippen LogP contribution < -0.4 is 0 Å². The van der Waals surface area contributed by atoms with Gasteiger partial charge in [-0.15, -0.1) is 0 Å². The summed E-state index contributed by atoms with van der Waals surface area (Å²) in [6.45, 7) is 0. The summed E-state index contributed by atoms with van der Waals surface area (Å²) >= 11 is 0. The Hall–Kier alpha value is -2.86. The van der Waals surface area contributed by atoms with Gasteiger partial charge >= 0.3 is 0 Å². The number of aromatic nitrogens is 2. The first-order valence-corrected chi connectivity index (χ1v) is 6.45. The van der Waals surface area contributed by atoms with E-state index in [4.69, 9.17) is 5.26 Å². The second-order valence-electron chi connectivity index (χ2n) is 4.47. The quantitative estimate of drug-likeness (QED) is 0.721.